The van der Waals surface area contributed by atoms with E-state index in [1.54, 1.807) is 0 Å². The number of hydrogen-bond acceptors (Lipinski definition) is 2. The summed E-state index contributed by atoms with van der Waals surface area (Å²) < 4.78 is 1.91. The van der Waals surface area contributed by atoms with Crippen molar-refractivity contribution in [1.82, 2.24) is 15.1 Å². The zero-order valence-corrected chi connectivity index (χ0v) is 13.2. The van der Waals surface area contributed by atoms with Gasteiger partial charge in [0.2, 0.25) is 0 Å². The van der Waals surface area contributed by atoms with E-state index in [0.29, 0.717) is 5.56 Å². The largest absolute Gasteiger partial charge is 0.345 e. The number of nitrogens with zero attached hydrogens (tertiary/aromatic N) is 2. The first-order valence-corrected chi connectivity index (χ1v) is 7.44. The topological polar surface area (TPSA) is 46.9 Å². The molecule has 112 valence electrons. The molecule has 4 nitrogen and oxygen atoms in total. The molecule has 2 rings (SSSR count). The highest BCUT2D eigenvalue weighted by Crippen LogP contribution is 2.17. The van der Waals surface area contributed by atoms with Gasteiger partial charge in [-0.1, -0.05) is 37.3 Å². The van der Waals surface area contributed by atoms with Crippen molar-refractivity contribution in [2.45, 2.75) is 46.7 Å². The van der Waals surface area contributed by atoms with Crippen LogP contribution in [0.4, 0.5) is 0 Å². The number of aryl methyl sites for hydroxylation is 2. The van der Waals surface area contributed by atoms with Crippen molar-refractivity contribution in [1.29, 1.82) is 0 Å². The number of carbonyl (C=O) groups excluding carboxylic acids is 1. The smallest absolute Gasteiger partial charge is 0.255 e. The standard InChI is InChI=1S/C17H23N3O/c1-5-11-20-14(4)16(13(3)19-20)17(21)18-12(2)15-9-7-6-8-10-15/h6-10,12H,5,11H2,1-4H3,(H,18,21)/t12-/m1/s1. The molecule has 4 heteroatoms. The van der Waals surface area contributed by atoms with Gasteiger partial charge in [0.25, 0.3) is 5.91 Å². The van der Waals surface area contributed by atoms with Crippen LogP contribution >= 0.6 is 0 Å². The number of nitrogens with one attached hydrogen (secondary N) is 1. The fourth-order valence-electron chi connectivity index (χ4n) is 2.55. The summed E-state index contributed by atoms with van der Waals surface area (Å²) in [5.74, 6) is -0.0521. The zero-order valence-electron chi connectivity index (χ0n) is 13.2. The zero-order chi connectivity index (χ0) is 15.4. The lowest BCUT2D eigenvalue weighted by molar-refractivity contribution is 0.0938. The fourth-order valence-corrected chi connectivity index (χ4v) is 2.55. The first kappa shape index (κ1) is 15.3. The molecule has 0 saturated heterocycles. The summed E-state index contributed by atoms with van der Waals surface area (Å²) in [5.41, 5.74) is 3.53. The molecule has 0 bridgehead atoms. The molecule has 21 heavy (non-hydrogen) atoms. The van der Waals surface area contributed by atoms with Crippen LogP contribution in [0.15, 0.2) is 30.3 Å². The predicted octanol–water partition coefficient (Wildman–Crippen LogP) is 3.40. The maximum absolute atomic E-state index is 12.5. The minimum Gasteiger partial charge on any atom is -0.345 e. The normalized spacial score (nSPS) is 12.2. The summed E-state index contributed by atoms with van der Waals surface area (Å²) in [6.07, 6.45) is 1.00. The van der Waals surface area contributed by atoms with E-state index in [2.05, 4.69) is 17.3 Å². The highest BCUT2D eigenvalue weighted by Gasteiger charge is 2.20. The first-order chi connectivity index (χ1) is 10.0. The van der Waals surface area contributed by atoms with Crippen molar-refractivity contribution >= 4 is 5.91 Å². The molecule has 1 N–H and O–H groups in total. The Balaban J connectivity index is 2.17. The van der Waals surface area contributed by atoms with Crippen LogP contribution in [0.1, 0.15) is 53.6 Å². The molecule has 0 fully saturated rings. The molecule has 1 atom stereocenters. The summed E-state index contributed by atoms with van der Waals surface area (Å²) >= 11 is 0. The van der Waals surface area contributed by atoms with E-state index < -0.39 is 0 Å². The molecular formula is C17H23N3O. The summed E-state index contributed by atoms with van der Waals surface area (Å²) in [5, 5.41) is 7.51. The number of rotatable bonds is 5. The molecule has 2 aromatic rings. The molecule has 1 aromatic carbocycles. The lowest BCUT2D eigenvalue weighted by atomic mass is 10.1. The second-order valence-corrected chi connectivity index (χ2v) is 5.37. The average Bonchev–Trinajstić information content (AvgIpc) is 2.75. The van der Waals surface area contributed by atoms with Crippen molar-refractivity contribution in [2.75, 3.05) is 0 Å². The maximum atomic E-state index is 12.5. The van der Waals surface area contributed by atoms with E-state index in [0.717, 1.165) is 29.9 Å². The monoisotopic (exact) mass is 285 g/mol. The fraction of sp³-hybridized carbons (Fsp3) is 0.412. The van der Waals surface area contributed by atoms with E-state index in [4.69, 9.17) is 0 Å². The Morgan fingerprint density at radius 2 is 1.95 bits per heavy atom. The Morgan fingerprint density at radius 1 is 1.29 bits per heavy atom. The average molecular weight is 285 g/mol. The molecule has 0 aliphatic carbocycles. The number of carbonyl (C=O) groups is 1. The Hall–Kier alpha value is -2.10. The predicted molar refractivity (Wildman–Crippen MR) is 84.3 cm³/mol. The number of hydrogen-bond donors (Lipinski definition) is 1. The highest BCUT2D eigenvalue weighted by atomic mass is 16.1. The van der Waals surface area contributed by atoms with Crippen molar-refractivity contribution < 1.29 is 4.79 Å². The third-order valence-electron chi connectivity index (χ3n) is 3.69. The molecule has 0 aliphatic heterocycles. The second-order valence-electron chi connectivity index (χ2n) is 5.37. The van der Waals surface area contributed by atoms with Crippen LogP contribution in [-0.4, -0.2) is 15.7 Å². The molecule has 0 saturated carbocycles. The Bertz CT molecular complexity index is 616. The lowest BCUT2D eigenvalue weighted by Gasteiger charge is -2.14. The molecule has 0 spiro atoms. The molecule has 1 amide bonds. The third kappa shape index (κ3) is 3.32. The van der Waals surface area contributed by atoms with Gasteiger partial charge in [-0.05, 0) is 32.8 Å². The summed E-state index contributed by atoms with van der Waals surface area (Å²) in [7, 11) is 0. The van der Waals surface area contributed by atoms with Gasteiger partial charge in [0.05, 0.1) is 17.3 Å². The van der Waals surface area contributed by atoms with Gasteiger partial charge in [-0.15, -0.1) is 0 Å². The van der Waals surface area contributed by atoms with E-state index in [9.17, 15) is 4.79 Å². The van der Waals surface area contributed by atoms with Crippen molar-refractivity contribution in [3.8, 4) is 0 Å². The van der Waals surface area contributed by atoms with Gasteiger partial charge >= 0.3 is 0 Å². The summed E-state index contributed by atoms with van der Waals surface area (Å²) in [6.45, 7) is 8.79. The number of amides is 1. The quantitative estimate of drug-likeness (QED) is 0.915. The Morgan fingerprint density at radius 3 is 2.57 bits per heavy atom. The SMILES string of the molecule is CCCn1nc(C)c(C(=O)N[C@H](C)c2ccccc2)c1C. The van der Waals surface area contributed by atoms with Crippen LogP contribution in [0.2, 0.25) is 0 Å². The van der Waals surface area contributed by atoms with Crippen molar-refractivity contribution in [2.24, 2.45) is 0 Å². The Labute approximate surface area is 126 Å². The lowest BCUT2D eigenvalue weighted by Crippen LogP contribution is -2.27. The number of aromatic nitrogens is 2. The number of benzene rings is 1. The van der Waals surface area contributed by atoms with Crippen LogP contribution in [0.5, 0.6) is 0 Å². The van der Waals surface area contributed by atoms with Crippen LogP contribution in [-0.2, 0) is 6.54 Å². The van der Waals surface area contributed by atoms with Crippen LogP contribution in [0.3, 0.4) is 0 Å². The highest BCUT2D eigenvalue weighted by molar-refractivity contribution is 5.96. The van der Waals surface area contributed by atoms with Gasteiger partial charge in [-0.2, -0.15) is 5.10 Å². The third-order valence-corrected chi connectivity index (χ3v) is 3.69. The molecule has 1 aromatic heterocycles. The van der Waals surface area contributed by atoms with Crippen molar-refractivity contribution in [3.63, 3.8) is 0 Å². The molecule has 0 radical (unpaired) electrons. The van der Waals surface area contributed by atoms with Gasteiger partial charge in [-0.3, -0.25) is 9.48 Å². The first-order valence-electron chi connectivity index (χ1n) is 7.44. The van der Waals surface area contributed by atoms with E-state index in [-0.39, 0.29) is 11.9 Å². The summed E-state index contributed by atoms with van der Waals surface area (Å²) in [4.78, 5) is 12.5. The van der Waals surface area contributed by atoms with E-state index >= 15 is 0 Å². The molecular weight excluding hydrogens is 262 g/mol. The molecule has 0 aliphatic rings. The van der Waals surface area contributed by atoms with Crippen LogP contribution in [0, 0.1) is 13.8 Å². The van der Waals surface area contributed by atoms with Gasteiger partial charge in [0.15, 0.2) is 0 Å². The summed E-state index contributed by atoms with van der Waals surface area (Å²) in [6, 6.07) is 9.95. The van der Waals surface area contributed by atoms with Gasteiger partial charge in [-0.25, -0.2) is 0 Å². The minimum absolute atomic E-state index is 0.0213. The van der Waals surface area contributed by atoms with Gasteiger partial charge in [0.1, 0.15) is 0 Å². The minimum atomic E-state index is -0.0521. The molecule has 0 unspecified atom stereocenters. The molecule has 1 heterocycles. The van der Waals surface area contributed by atoms with Crippen molar-refractivity contribution in [3.05, 3.63) is 52.8 Å². The Kier molecular flexibility index (Phi) is 4.78. The van der Waals surface area contributed by atoms with Gasteiger partial charge < -0.3 is 5.32 Å². The van der Waals surface area contributed by atoms with Crippen LogP contribution < -0.4 is 5.32 Å². The van der Waals surface area contributed by atoms with Gasteiger partial charge in [0, 0.05) is 12.2 Å². The maximum Gasteiger partial charge on any atom is 0.255 e. The van der Waals surface area contributed by atoms with Crippen LogP contribution in [0.25, 0.3) is 0 Å². The van der Waals surface area contributed by atoms with E-state index in [1.807, 2.05) is 55.8 Å². The van der Waals surface area contributed by atoms with E-state index in [1.165, 1.54) is 0 Å². The second kappa shape index (κ2) is 6.57.